The maximum atomic E-state index is 11.7. The molecule has 0 aromatic carbocycles. The summed E-state index contributed by atoms with van der Waals surface area (Å²) in [6.07, 6.45) is 0. The highest BCUT2D eigenvalue weighted by atomic mass is 79.9. The predicted octanol–water partition coefficient (Wildman–Crippen LogP) is 3.66. The van der Waals surface area contributed by atoms with E-state index in [9.17, 15) is 4.79 Å². The van der Waals surface area contributed by atoms with Crippen molar-refractivity contribution in [1.82, 2.24) is 10.2 Å². The van der Waals surface area contributed by atoms with E-state index >= 15 is 0 Å². The average Bonchev–Trinajstić information content (AvgIpc) is 3.16. The molecule has 3 aromatic heterocycles. The number of nitrogens with zero attached hydrogens (tertiary/aromatic N) is 2. The Morgan fingerprint density at radius 3 is 2.68 bits per heavy atom. The summed E-state index contributed by atoms with van der Waals surface area (Å²) in [5.74, 6) is 1.43. The monoisotopic (exact) mass is 366 g/mol. The van der Waals surface area contributed by atoms with Crippen LogP contribution in [-0.2, 0) is 11.3 Å². The summed E-state index contributed by atoms with van der Waals surface area (Å²) in [7, 11) is 0. The molecule has 114 valence electrons. The maximum Gasteiger partial charge on any atom is 0.374 e. The van der Waals surface area contributed by atoms with E-state index in [-0.39, 0.29) is 18.3 Å². The van der Waals surface area contributed by atoms with Gasteiger partial charge in [0.25, 0.3) is 11.8 Å². The average molecular weight is 367 g/mol. The third kappa shape index (κ3) is 2.96. The van der Waals surface area contributed by atoms with Gasteiger partial charge in [0.2, 0.25) is 5.76 Å². The molecule has 3 rings (SSSR count). The van der Waals surface area contributed by atoms with E-state index in [1.54, 1.807) is 19.1 Å². The predicted molar refractivity (Wildman–Crippen MR) is 77.0 cm³/mol. The lowest BCUT2D eigenvalue weighted by Crippen LogP contribution is -2.04. The van der Waals surface area contributed by atoms with E-state index in [4.69, 9.17) is 18.0 Å². The van der Waals surface area contributed by atoms with Gasteiger partial charge in [-0.3, -0.25) is 0 Å². The van der Waals surface area contributed by atoms with Gasteiger partial charge in [-0.05, 0) is 48.0 Å². The summed E-state index contributed by atoms with van der Waals surface area (Å²) in [6, 6.07) is 4.91. The molecule has 0 atom stereocenters. The number of aromatic nitrogens is 2. The van der Waals surface area contributed by atoms with Crippen molar-refractivity contribution in [2.24, 2.45) is 0 Å². The first-order valence-corrected chi connectivity index (χ1v) is 7.14. The number of rotatable bonds is 4. The van der Waals surface area contributed by atoms with Gasteiger partial charge in [-0.25, -0.2) is 4.79 Å². The summed E-state index contributed by atoms with van der Waals surface area (Å²) in [4.78, 5) is 11.7. The summed E-state index contributed by atoms with van der Waals surface area (Å²) in [5, 5.41) is 7.75. The number of aryl methyl sites for hydroxylation is 2. The molecule has 0 N–H and O–H groups in total. The summed E-state index contributed by atoms with van der Waals surface area (Å²) in [6.45, 7) is 3.50. The molecule has 0 bridgehead atoms. The Bertz CT molecular complexity index is 817. The van der Waals surface area contributed by atoms with E-state index < -0.39 is 5.97 Å². The number of carbonyl (C=O) groups is 1. The minimum atomic E-state index is -0.610. The van der Waals surface area contributed by atoms with Gasteiger partial charge in [-0.2, -0.15) is 0 Å². The van der Waals surface area contributed by atoms with Gasteiger partial charge in [-0.1, -0.05) is 0 Å². The smallest absolute Gasteiger partial charge is 0.374 e. The van der Waals surface area contributed by atoms with Crippen molar-refractivity contribution in [1.29, 1.82) is 0 Å². The van der Waals surface area contributed by atoms with Crippen LogP contribution in [-0.4, -0.2) is 16.2 Å². The third-order valence-electron chi connectivity index (χ3n) is 2.84. The first-order chi connectivity index (χ1) is 10.5. The molecule has 22 heavy (non-hydrogen) atoms. The summed E-state index contributed by atoms with van der Waals surface area (Å²) < 4.78 is 21.4. The van der Waals surface area contributed by atoms with Crippen LogP contribution < -0.4 is 0 Å². The number of carbonyl (C=O) groups excluding carboxylic acids is 1. The minimum Gasteiger partial charge on any atom is -0.466 e. The van der Waals surface area contributed by atoms with Gasteiger partial charge in [0, 0.05) is 0 Å². The molecule has 0 fully saturated rings. The van der Waals surface area contributed by atoms with Crippen LogP contribution in [0.15, 0.2) is 36.1 Å². The second kappa shape index (κ2) is 5.80. The molecule has 0 saturated heterocycles. The molecular formula is C14H11BrN2O5. The van der Waals surface area contributed by atoms with Gasteiger partial charge >= 0.3 is 5.97 Å². The largest absolute Gasteiger partial charge is 0.466 e. The van der Waals surface area contributed by atoms with Crippen molar-refractivity contribution in [3.05, 3.63) is 46.0 Å². The van der Waals surface area contributed by atoms with Crippen LogP contribution in [0.2, 0.25) is 0 Å². The van der Waals surface area contributed by atoms with Crippen molar-refractivity contribution >= 4 is 21.9 Å². The van der Waals surface area contributed by atoms with E-state index in [0.717, 1.165) is 11.3 Å². The van der Waals surface area contributed by atoms with Crippen molar-refractivity contribution in [3.63, 3.8) is 0 Å². The zero-order valence-corrected chi connectivity index (χ0v) is 13.3. The Hall–Kier alpha value is -2.35. The standard InChI is InChI=1S/C14H11BrN2O5/c1-7-5-9(8(2)20-7)13-17-16-12(22-13)6-19-14(18)10-3-4-11(15)21-10/h3-5H,6H2,1-2H3. The molecule has 3 heterocycles. The van der Waals surface area contributed by atoms with Crippen molar-refractivity contribution < 1.29 is 22.8 Å². The first-order valence-electron chi connectivity index (χ1n) is 6.35. The molecule has 0 saturated carbocycles. The van der Waals surface area contributed by atoms with Crippen LogP contribution in [0.25, 0.3) is 11.5 Å². The molecule has 8 heteroatoms. The number of hydrogen-bond acceptors (Lipinski definition) is 7. The zero-order valence-electron chi connectivity index (χ0n) is 11.8. The molecule has 0 aliphatic heterocycles. The highest BCUT2D eigenvalue weighted by Crippen LogP contribution is 2.25. The number of esters is 1. The molecule has 0 radical (unpaired) electrons. The molecule has 0 spiro atoms. The molecule has 3 aromatic rings. The van der Waals surface area contributed by atoms with E-state index in [1.807, 2.05) is 6.92 Å². The molecule has 7 nitrogen and oxygen atoms in total. The third-order valence-corrected chi connectivity index (χ3v) is 3.27. The highest BCUT2D eigenvalue weighted by molar-refractivity contribution is 9.10. The molecule has 0 amide bonds. The number of furan rings is 2. The summed E-state index contributed by atoms with van der Waals surface area (Å²) >= 11 is 3.11. The number of ether oxygens (including phenoxy) is 1. The SMILES string of the molecule is Cc1cc(-c2nnc(COC(=O)c3ccc(Br)o3)o2)c(C)o1. The van der Waals surface area contributed by atoms with Gasteiger partial charge in [0.05, 0.1) is 5.56 Å². The second-order valence-electron chi connectivity index (χ2n) is 4.51. The van der Waals surface area contributed by atoms with Gasteiger partial charge in [0.1, 0.15) is 11.5 Å². The minimum absolute atomic E-state index is 0.0907. The van der Waals surface area contributed by atoms with Gasteiger partial charge in [-0.15, -0.1) is 10.2 Å². The second-order valence-corrected chi connectivity index (χ2v) is 5.29. The lowest BCUT2D eigenvalue weighted by atomic mass is 10.2. The quantitative estimate of drug-likeness (QED) is 0.650. The normalized spacial score (nSPS) is 10.9. The Labute approximate surface area is 133 Å². The maximum absolute atomic E-state index is 11.7. The van der Waals surface area contributed by atoms with Gasteiger partial charge in [0.15, 0.2) is 11.3 Å². The Morgan fingerprint density at radius 1 is 1.23 bits per heavy atom. The van der Waals surface area contributed by atoms with E-state index in [1.165, 1.54) is 6.07 Å². The number of hydrogen-bond donors (Lipinski definition) is 0. The van der Waals surface area contributed by atoms with Crippen molar-refractivity contribution in [2.75, 3.05) is 0 Å². The Morgan fingerprint density at radius 2 is 2.05 bits per heavy atom. The Kier molecular flexibility index (Phi) is 3.84. The van der Waals surface area contributed by atoms with Crippen LogP contribution in [0.4, 0.5) is 0 Å². The van der Waals surface area contributed by atoms with Crippen LogP contribution in [0.5, 0.6) is 0 Å². The fourth-order valence-corrected chi connectivity index (χ4v) is 2.19. The molecular weight excluding hydrogens is 356 g/mol. The lowest BCUT2D eigenvalue weighted by Gasteiger charge is -1.98. The van der Waals surface area contributed by atoms with Crippen molar-refractivity contribution in [3.8, 4) is 11.5 Å². The van der Waals surface area contributed by atoms with Gasteiger partial charge < -0.3 is 18.0 Å². The summed E-state index contributed by atoms with van der Waals surface area (Å²) in [5.41, 5.74) is 0.720. The molecule has 0 unspecified atom stereocenters. The fourth-order valence-electron chi connectivity index (χ4n) is 1.89. The zero-order chi connectivity index (χ0) is 15.7. The van der Waals surface area contributed by atoms with Crippen LogP contribution in [0.3, 0.4) is 0 Å². The van der Waals surface area contributed by atoms with Crippen LogP contribution in [0.1, 0.15) is 28.0 Å². The first kappa shape index (κ1) is 14.6. The van der Waals surface area contributed by atoms with Crippen molar-refractivity contribution in [2.45, 2.75) is 20.5 Å². The fraction of sp³-hybridized carbons (Fsp3) is 0.214. The van der Waals surface area contributed by atoms with E-state index in [2.05, 4.69) is 26.1 Å². The Balaban J connectivity index is 1.67. The number of halogens is 1. The highest BCUT2D eigenvalue weighted by Gasteiger charge is 2.17. The molecule has 0 aliphatic rings. The lowest BCUT2D eigenvalue weighted by molar-refractivity contribution is 0.0401. The van der Waals surface area contributed by atoms with Crippen LogP contribution >= 0.6 is 15.9 Å². The topological polar surface area (TPSA) is 91.5 Å². The van der Waals surface area contributed by atoms with E-state index in [0.29, 0.717) is 16.3 Å². The van der Waals surface area contributed by atoms with Crippen LogP contribution in [0, 0.1) is 13.8 Å². The molecule has 0 aliphatic carbocycles.